The first-order valence-electron chi connectivity index (χ1n) is 6.58. The minimum atomic E-state index is -0.350. The van der Waals surface area contributed by atoms with E-state index in [2.05, 4.69) is 20.6 Å². The number of fused-ring (bicyclic) bond motifs is 1. The van der Waals surface area contributed by atoms with Crippen LogP contribution in [-0.4, -0.2) is 32.4 Å². The Labute approximate surface area is 124 Å². The Kier molecular flexibility index (Phi) is 2.59. The van der Waals surface area contributed by atoms with Crippen LogP contribution in [0.15, 0.2) is 48.5 Å². The third-order valence-corrected chi connectivity index (χ3v) is 3.53. The van der Waals surface area contributed by atoms with Crippen molar-refractivity contribution in [3.63, 3.8) is 0 Å². The van der Waals surface area contributed by atoms with E-state index in [1.54, 1.807) is 48.5 Å². The van der Waals surface area contributed by atoms with Crippen LogP contribution in [0.3, 0.4) is 0 Å². The first-order valence-corrected chi connectivity index (χ1v) is 6.58. The van der Waals surface area contributed by atoms with E-state index in [1.807, 2.05) is 0 Å². The number of rotatable bonds is 2. The molecule has 0 fully saturated rings. The lowest BCUT2D eigenvalue weighted by Crippen LogP contribution is -2.29. The Bertz CT molecular complexity index is 853. The molecule has 0 saturated heterocycles. The summed E-state index contributed by atoms with van der Waals surface area (Å²) in [6.45, 7) is 0. The van der Waals surface area contributed by atoms with Gasteiger partial charge in [0.05, 0.1) is 16.8 Å². The molecular weight excluding hydrogens is 282 g/mol. The van der Waals surface area contributed by atoms with E-state index in [0.717, 1.165) is 4.90 Å². The van der Waals surface area contributed by atoms with Crippen molar-refractivity contribution in [1.29, 1.82) is 0 Å². The fourth-order valence-corrected chi connectivity index (χ4v) is 2.54. The van der Waals surface area contributed by atoms with Crippen molar-refractivity contribution in [2.24, 2.45) is 0 Å². The van der Waals surface area contributed by atoms with Crippen LogP contribution in [0.4, 0.5) is 5.69 Å². The molecule has 7 nitrogen and oxygen atoms in total. The normalized spacial score (nSPS) is 13.5. The van der Waals surface area contributed by atoms with Crippen LogP contribution in [0.2, 0.25) is 0 Å². The van der Waals surface area contributed by atoms with Gasteiger partial charge in [0, 0.05) is 5.56 Å². The highest BCUT2D eigenvalue weighted by atomic mass is 16.2. The summed E-state index contributed by atoms with van der Waals surface area (Å²) >= 11 is 0. The number of carbonyl (C=O) groups is 2. The number of carbonyl (C=O) groups excluding carboxylic acids is 2. The molecule has 2 heterocycles. The van der Waals surface area contributed by atoms with Crippen LogP contribution in [0.25, 0.3) is 11.4 Å². The maximum absolute atomic E-state index is 12.6. The highest BCUT2D eigenvalue weighted by Gasteiger charge is 2.37. The summed E-state index contributed by atoms with van der Waals surface area (Å²) < 4.78 is 0. The number of tetrazole rings is 1. The minimum absolute atomic E-state index is 0.326. The summed E-state index contributed by atoms with van der Waals surface area (Å²) in [6, 6.07) is 13.7. The number of anilines is 1. The van der Waals surface area contributed by atoms with Crippen molar-refractivity contribution in [2.45, 2.75) is 0 Å². The van der Waals surface area contributed by atoms with Crippen LogP contribution in [0.5, 0.6) is 0 Å². The van der Waals surface area contributed by atoms with E-state index in [9.17, 15) is 9.59 Å². The second-order valence-corrected chi connectivity index (χ2v) is 4.74. The van der Waals surface area contributed by atoms with Gasteiger partial charge in [-0.05, 0) is 29.5 Å². The number of imide groups is 1. The Balaban J connectivity index is 1.89. The monoisotopic (exact) mass is 291 g/mol. The summed E-state index contributed by atoms with van der Waals surface area (Å²) in [4.78, 5) is 26.3. The number of aromatic nitrogens is 4. The maximum atomic E-state index is 12.6. The molecule has 0 unspecified atom stereocenters. The molecule has 2 aromatic carbocycles. The van der Waals surface area contributed by atoms with E-state index < -0.39 is 0 Å². The Hall–Kier alpha value is -3.35. The van der Waals surface area contributed by atoms with Crippen LogP contribution < -0.4 is 4.90 Å². The molecule has 2 amide bonds. The minimum Gasteiger partial charge on any atom is -0.268 e. The van der Waals surface area contributed by atoms with Crippen molar-refractivity contribution in [2.75, 3.05) is 4.90 Å². The Morgan fingerprint density at radius 3 is 2.00 bits per heavy atom. The molecule has 7 heteroatoms. The second-order valence-electron chi connectivity index (χ2n) is 4.74. The molecule has 4 rings (SSSR count). The van der Waals surface area contributed by atoms with E-state index >= 15 is 0 Å². The van der Waals surface area contributed by atoms with Gasteiger partial charge in [0.15, 0.2) is 0 Å². The number of hydrogen-bond acceptors (Lipinski definition) is 5. The second kappa shape index (κ2) is 4.59. The Morgan fingerprint density at radius 2 is 1.41 bits per heavy atom. The zero-order chi connectivity index (χ0) is 15.1. The Morgan fingerprint density at radius 1 is 0.818 bits per heavy atom. The van der Waals surface area contributed by atoms with Crippen LogP contribution >= 0.6 is 0 Å². The predicted octanol–water partition coefficient (Wildman–Crippen LogP) is 1.67. The molecule has 0 spiro atoms. The van der Waals surface area contributed by atoms with Crippen LogP contribution in [0.1, 0.15) is 20.7 Å². The molecule has 0 saturated carbocycles. The lowest BCUT2D eigenvalue weighted by Gasteiger charge is -2.16. The fraction of sp³-hybridized carbons (Fsp3) is 0. The standard InChI is InChI=1S/C15H9N5O2/c21-14-9-5-1-2-6-10(9)15(22)20(14)12-8-4-3-7-11(12)13-16-18-19-17-13/h1-8H,(H,16,17,18,19). The summed E-state index contributed by atoms with van der Waals surface area (Å²) in [6.07, 6.45) is 0. The number of aromatic amines is 1. The topological polar surface area (TPSA) is 91.8 Å². The van der Waals surface area contributed by atoms with Crippen molar-refractivity contribution in [3.05, 3.63) is 59.7 Å². The smallest absolute Gasteiger partial charge is 0.266 e. The zero-order valence-electron chi connectivity index (χ0n) is 11.2. The van der Waals surface area contributed by atoms with Gasteiger partial charge in [-0.3, -0.25) is 9.59 Å². The number of nitrogens with one attached hydrogen (secondary N) is 1. The molecule has 1 aliphatic heterocycles. The summed E-state index contributed by atoms with van der Waals surface area (Å²) in [5.41, 5.74) is 1.80. The van der Waals surface area contributed by atoms with Crippen molar-refractivity contribution in [3.8, 4) is 11.4 Å². The van der Waals surface area contributed by atoms with Crippen LogP contribution in [-0.2, 0) is 0 Å². The van der Waals surface area contributed by atoms with Crippen LogP contribution in [0, 0.1) is 0 Å². The molecule has 1 aromatic heterocycles. The van der Waals surface area contributed by atoms with E-state index in [0.29, 0.717) is 28.2 Å². The average molecular weight is 291 g/mol. The molecule has 0 aliphatic carbocycles. The number of hydrogen-bond donors (Lipinski definition) is 1. The summed E-state index contributed by atoms with van der Waals surface area (Å²) in [7, 11) is 0. The first-order chi connectivity index (χ1) is 10.8. The van der Waals surface area contributed by atoms with Gasteiger partial charge >= 0.3 is 0 Å². The third kappa shape index (κ3) is 1.65. The summed E-state index contributed by atoms with van der Waals surface area (Å²) in [5, 5.41) is 13.7. The van der Waals surface area contributed by atoms with Gasteiger partial charge in [-0.2, -0.15) is 5.21 Å². The van der Waals surface area contributed by atoms with E-state index in [-0.39, 0.29) is 11.8 Å². The molecule has 1 N–H and O–H groups in total. The van der Waals surface area contributed by atoms with Gasteiger partial charge in [0.2, 0.25) is 5.82 Å². The van der Waals surface area contributed by atoms with Gasteiger partial charge in [-0.25, -0.2) is 4.90 Å². The molecule has 0 atom stereocenters. The van der Waals surface area contributed by atoms with E-state index in [4.69, 9.17) is 0 Å². The lowest BCUT2D eigenvalue weighted by molar-refractivity contribution is 0.0926. The van der Waals surface area contributed by atoms with Crippen molar-refractivity contribution < 1.29 is 9.59 Å². The molecule has 0 bridgehead atoms. The van der Waals surface area contributed by atoms with E-state index in [1.165, 1.54) is 0 Å². The number of para-hydroxylation sites is 1. The van der Waals surface area contributed by atoms with Gasteiger partial charge in [0.25, 0.3) is 11.8 Å². The fourth-order valence-electron chi connectivity index (χ4n) is 2.54. The van der Waals surface area contributed by atoms with Crippen molar-refractivity contribution in [1.82, 2.24) is 20.6 Å². The van der Waals surface area contributed by atoms with Gasteiger partial charge in [-0.1, -0.05) is 24.3 Å². The number of benzene rings is 2. The largest absolute Gasteiger partial charge is 0.268 e. The first kappa shape index (κ1) is 12.4. The number of nitrogens with zero attached hydrogens (tertiary/aromatic N) is 4. The molecule has 0 radical (unpaired) electrons. The van der Waals surface area contributed by atoms with Gasteiger partial charge < -0.3 is 0 Å². The molecule has 1 aliphatic rings. The quantitative estimate of drug-likeness (QED) is 0.725. The zero-order valence-corrected chi connectivity index (χ0v) is 11.2. The predicted molar refractivity (Wildman–Crippen MR) is 77.2 cm³/mol. The lowest BCUT2D eigenvalue weighted by atomic mass is 10.1. The summed E-state index contributed by atoms with van der Waals surface area (Å²) in [5.74, 6) is -0.375. The van der Waals surface area contributed by atoms with Gasteiger partial charge in [0.1, 0.15) is 0 Å². The molecule has 106 valence electrons. The third-order valence-electron chi connectivity index (χ3n) is 3.53. The van der Waals surface area contributed by atoms with Crippen molar-refractivity contribution >= 4 is 17.5 Å². The number of amides is 2. The SMILES string of the molecule is O=C1c2ccccc2C(=O)N1c1ccccc1-c1nn[nH]n1. The molecule has 3 aromatic rings. The molecular formula is C15H9N5O2. The highest BCUT2D eigenvalue weighted by molar-refractivity contribution is 6.35. The van der Waals surface area contributed by atoms with Gasteiger partial charge in [-0.15, -0.1) is 10.2 Å². The highest BCUT2D eigenvalue weighted by Crippen LogP contribution is 2.34. The molecule has 22 heavy (non-hydrogen) atoms. The average Bonchev–Trinajstić information content (AvgIpc) is 3.16. The number of H-pyrrole nitrogens is 1. The maximum Gasteiger partial charge on any atom is 0.266 e.